The fraction of sp³-hybridized carbons (Fsp3) is 0.130. The first-order chi connectivity index (χ1) is 14.1. The number of hydrogen-bond acceptors (Lipinski definition) is 3. The first kappa shape index (κ1) is 18.7. The molecule has 29 heavy (non-hydrogen) atoms. The van der Waals surface area contributed by atoms with Crippen LogP contribution in [0.4, 0.5) is 10.1 Å². The summed E-state index contributed by atoms with van der Waals surface area (Å²) >= 11 is 0. The monoisotopic (exact) mass is 390 g/mol. The average molecular weight is 390 g/mol. The van der Waals surface area contributed by atoms with Crippen molar-refractivity contribution in [3.8, 4) is 5.75 Å². The topological polar surface area (TPSA) is 58.6 Å². The molecular weight excluding hydrogens is 371 g/mol. The van der Waals surface area contributed by atoms with Gasteiger partial charge in [0, 0.05) is 16.8 Å². The third kappa shape index (κ3) is 3.69. The number of hydrogen-bond donors (Lipinski definition) is 1. The molecule has 0 spiro atoms. The van der Waals surface area contributed by atoms with E-state index in [1.807, 2.05) is 30.3 Å². The van der Waals surface area contributed by atoms with E-state index < -0.39 is 11.9 Å². The number of ether oxygens (including phenoxy) is 1. The molecule has 3 aromatic carbocycles. The highest BCUT2D eigenvalue weighted by atomic mass is 19.1. The van der Waals surface area contributed by atoms with Crippen molar-refractivity contribution in [2.45, 2.75) is 6.04 Å². The lowest BCUT2D eigenvalue weighted by atomic mass is 9.95. The minimum Gasteiger partial charge on any atom is -0.497 e. The standard InChI is InChI=1S/C23H19FN2O3/c1-29-18-9-5-8-16(12-18)23(28)26-14-21(27)25-20-11-10-17(24)13-19(20)22(26)15-6-3-2-4-7-15/h2-13,22H,14H2,1H3,(H,25,27). The Balaban J connectivity index is 1.87. The van der Waals surface area contributed by atoms with Crippen LogP contribution in [0.25, 0.3) is 0 Å². The Labute approximate surface area is 167 Å². The van der Waals surface area contributed by atoms with Gasteiger partial charge in [0.2, 0.25) is 5.91 Å². The second-order valence-corrected chi connectivity index (χ2v) is 6.76. The summed E-state index contributed by atoms with van der Waals surface area (Å²) in [4.78, 5) is 27.5. The largest absolute Gasteiger partial charge is 0.497 e. The van der Waals surface area contributed by atoms with Gasteiger partial charge in [0.25, 0.3) is 5.91 Å². The predicted octanol–water partition coefficient (Wildman–Crippen LogP) is 4.02. The second kappa shape index (κ2) is 7.75. The average Bonchev–Trinajstić information content (AvgIpc) is 2.89. The molecule has 4 rings (SSSR count). The summed E-state index contributed by atoms with van der Waals surface area (Å²) in [6, 6.07) is 19.6. The number of rotatable bonds is 3. The summed E-state index contributed by atoms with van der Waals surface area (Å²) in [6.45, 7) is -0.161. The zero-order chi connectivity index (χ0) is 20.4. The van der Waals surface area contributed by atoms with E-state index in [-0.39, 0.29) is 18.4 Å². The third-order valence-corrected chi connectivity index (χ3v) is 4.90. The molecule has 1 N–H and O–H groups in total. The van der Waals surface area contributed by atoms with Crippen LogP contribution in [0.3, 0.4) is 0 Å². The number of fused-ring (bicyclic) bond motifs is 1. The molecule has 3 aromatic rings. The maximum Gasteiger partial charge on any atom is 0.255 e. The minimum atomic E-state index is -0.625. The number of carbonyl (C=O) groups is 2. The van der Waals surface area contributed by atoms with Crippen molar-refractivity contribution < 1.29 is 18.7 Å². The normalized spacial score (nSPS) is 15.9. The molecule has 0 saturated carbocycles. The van der Waals surface area contributed by atoms with Crippen molar-refractivity contribution in [3.63, 3.8) is 0 Å². The fourth-order valence-electron chi connectivity index (χ4n) is 3.58. The van der Waals surface area contributed by atoms with E-state index in [0.717, 1.165) is 5.56 Å². The van der Waals surface area contributed by atoms with Gasteiger partial charge in [0.15, 0.2) is 0 Å². The minimum absolute atomic E-state index is 0.161. The smallest absolute Gasteiger partial charge is 0.255 e. The molecule has 0 radical (unpaired) electrons. The van der Waals surface area contributed by atoms with Gasteiger partial charge in [-0.15, -0.1) is 0 Å². The molecule has 1 heterocycles. The van der Waals surface area contributed by atoms with Gasteiger partial charge in [0.05, 0.1) is 13.2 Å². The molecular formula is C23H19FN2O3. The highest BCUT2D eigenvalue weighted by molar-refractivity contribution is 6.01. The van der Waals surface area contributed by atoms with Crippen LogP contribution in [-0.2, 0) is 4.79 Å². The zero-order valence-corrected chi connectivity index (χ0v) is 15.8. The van der Waals surface area contributed by atoms with Gasteiger partial charge in [-0.2, -0.15) is 0 Å². The number of anilines is 1. The molecule has 1 atom stereocenters. The van der Waals surface area contributed by atoms with E-state index in [1.165, 1.54) is 30.2 Å². The molecule has 1 aliphatic heterocycles. The van der Waals surface area contributed by atoms with Crippen LogP contribution in [-0.4, -0.2) is 30.4 Å². The van der Waals surface area contributed by atoms with Crippen LogP contribution in [0.15, 0.2) is 72.8 Å². The molecule has 0 fully saturated rings. The number of nitrogens with zero attached hydrogens (tertiary/aromatic N) is 1. The van der Waals surface area contributed by atoms with Crippen LogP contribution in [0.2, 0.25) is 0 Å². The van der Waals surface area contributed by atoms with E-state index in [2.05, 4.69) is 5.32 Å². The Morgan fingerprint density at radius 2 is 1.86 bits per heavy atom. The van der Waals surface area contributed by atoms with Gasteiger partial charge >= 0.3 is 0 Å². The maximum atomic E-state index is 14.1. The van der Waals surface area contributed by atoms with Crippen molar-refractivity contribution in [2.75, 3.05) is 19.0 Å². The number of amides is 2. The molecule has 0 aliphatic carbocycles. The van der Waals surface area contributed by atoms with Gasteiger partial charge in [0.1, 0.15) is 18.1 Å². The van der Waals surface area contributed by atoms with Gasteiger partial charge in [-0.1, -0.05) is 36.4 Å². The van der Waals surface area contributed by atoms with Gasteiger partial charge in [-0.3, -0.25) is 9.59 Å². The number of methoxy groups -OCH3 is 1. The van der Waals surface area contributed by atoms with Crippen molar-refractivity contribution in [1.29, 1.82) is 0 Å². The van der Waals surface area contributed by atoms with Crippen molar-refractivity contribution in [3.05, 3.63) is 95.3 Å². The summed E-state index contributed by atoms with van der Waals surface area (Å²) in [5, 5.41) is 2.78. The van der Waals surface area contributed by atoms with Crippen molar-refractivity contribution in [1.82, 2.24) is 4.90 Å². The number of halogens is 1. The molecule has 5 nitrogen and oxygen atoms in total. The van der Waals surface area contributed by atoms with Crippen LogP contribution in [0.5, 0.6) is 5.75 Å². The SMILES string of the molecule is COc1cccc(C(=O)N2CC(=O)Nc3ccc(F)cc3C2c2ccccc2)c1. The number of carbonyl (C=O) groups excluding carboxylic acids is 2. The first-order valence-corrected chi connectivity index (χ1v) is 9.16. The second-order valence-electron chi connectivity index (χ2n) is 6.76. The molecule has 1 aliphatic rings. The van der Waals surface area contributed by atoms with Crippen LogP contribution < -0.4 is 10.1 Å². The summed E-state index contributed by atoms with van der Waals surface area (Å²) < 4.78 is 19.4. The van der Waals surface area contributed by atoms with Crippen LogP contribution in [0, 0.1) is 5.82 Å². The van der Waals surface area contributed by atoms with Crippen molar-refractivity contribution >= 4 is 17.5 Å². The molecule has 0 saturated heterocycles. The molecule has 1 unspecified atom stereocenters. The molecule has 0 bridgehead atoms. The van der Waals surface area contributed by atoms with Gasteiger partial charge in [-0.05, 0) is 42.0 Å². The predicted molar refractivity (Wildman–Crippen MR) is 107 cm³/mol. The van der Waals surface area contributed by atoms with E-state index in [0.29, 0.717) is 22.6 Å². The van der Waals surface area contributed by atoms with Crippen LogP contribution >= 0.6 is 0 Å². The van der Waals surface area contributed by atoms with Gasteiger partial charge < -0.3 is 15.0 Å². The lowest BCUT2D eigenvalue weighted by molar-refractivity contribution is -0.117. The molecule has 0 aromatic heterocycles. The Bertz CT molecular complexity index is 1070. The lowest BCUT2D eigenvalue weighted by Gasteiger charge is -2.30. The summed E-state index contributed by atoms with van der Waals surface area (Å²) in [6.07, 6.45) is 0. The first-order valence-electron chi connectivity index (χ1n) is 9.16. The summed E-state index contributed by atoms with van der Waals surface area (Å²) in [7, 11) is 1.52. The summed E-state index contributed by atoms with van der Waals surface area (Å²) in [5.41, 5.74) is 2.19. The lowest BCUT2D eigenvalue weighted by Crippen LogP contribution is -2.39. The van der Waals surface area contributed by atoms with Crippen molar-refractivity contribution in [2.24, 2.45) is 0 Å². The Morgan fingerprint density at radius 1 is 1.07 bits per heavy atom. The maximum absolute atomic E-state index is 14.1. The number of nitrogens with one attached hydrogen (secondary N) is 1. The quantitative estimate of drug-likeness (QED) is 0.735. The Hall–Kier alpha value is -3.67. The highest BCUT2D eigenvalue weighted by Gasteiger charge is 2.34. The van der Waals surface area contributed by atoms with E-state index in [9.17, 15) is 14.0 Å². The molecule has 146 valence electrons. The third-order valence-electron chi connectivity index (χ3n) is 4.90. The molecule has 6 heteroatoms. The Morgan fingerprint density at radius 3 is 2.62 bits per heavy atom. The summed E-state index contributed by atoms with van der Waals surface area (Å²) in [5.74, 6) is -0.579. The molecule has 2 amide bonds. The van der Waals surface area contributed by atoms with E-state index >= 15 is 0 Å². The van der Waals surface area contributed by atoms with E-state index in [4.69, 9.17) is 4.74 Å². The number of benzene rings is 3. The van der Waals surface area contributed by atoms with Gasteiger partial charge in [-0.25, -0.2) is 4.39 Å². The fourth-order valence-corrected chi connectivity index (χ4v) is 3.58. The van der Waals surface area contributed by atoms with E-state index in [1.54, 1.807) is 24.3 Å². The highest BCUT2D eigenvalue weighted by Crippen LogP contribution is 2.37. The Kier molecular flexibility index (Phi) is 4.99. The van der Waals surface area contributed by atoms with Crippen LogP contribution in [0.1, 0.15) is 27.5 Å². The zero-order valence-electron chi connectivity index (χ0n) is 15.8.